The topological polar surface area (TPSA) is 69.6 Å². The summed E-state index contributed by atoms with van der Waals surface area (Å²) in [6.07, 6.45) is 0.700. The molecule has 1 rings (SSSR count). The van der Waals surface area contributed by atoms with Crippen LogP contribution in [0.3, 0.4) is 0 Å². The van der Waals surface area contributed by atoms with Crippen molar-refractivity contribution in [1.82, 2.24) is 10.2 Å². The standard InChI is InChI=1S/C17H26N2O3/c1-12(2)15-7-5-14(6-8-15)11-13(3)18-17(22)19(4)10-9-16(20)21/h5-8,12-13H,9-11H2,1-4H3,(H,18,22)(H,20,21). The quantitative estimate of drug-likeness (QED) is 0.814. The Balaban J connectivity index is 2.46. The molecule has 0 aliphatic heterocycles. The number of carbonyl (C=O) groups excluding carboxylic acids is 1. The smallest absolute Gasteiger partial charge is 0.317 e. The van der Waals surface area contributed by atoms with E-state index in [0.717, 1.165) is 6.42 Å². The van der Waals surface area contributed by atoms with Crippen LogP contribution in [0, 0.1) is 0 Å². The molecule has 0 saturated heterocycles. The summed E-state index contributed by atoms with van der Waals surface area (Å²) >= 11 is 0. The molecule has 2 amide bonds. The molecule has 0 spiro atoms. The summed E-state index contributed by atoms with van der Waals surface area (Å²) in [6, 6.07) is 8.16. The van der Waals surface area contributed by atoms with Crippen LogP contribution >= 0.6 is 0 Å². The first-order chi connectivity index (χ1) is 10.3. The number of rotatable bonds is 7. The van der Waals surface area contributed by atoms with E-state index >= 15 is 0 Å². The number of nitrogens with one attached hydrogen (secondary N) is 1. The molecule has 0 fully saturated rings. The van der Waals surface area contributed by atoms with Gasteiger partial charge in [0.15, 0.2) is 0 Å². The van der Waals surface area contributed by atoms with Gasteiger partial charge in [-0.15, -0.1) is 0 Å². The molecule has 0 aliphatic rings. The fraction of sp³-hybridized carbons (Fsp3) is 0.529. The van der Waals surface area contributed by atoms with Crippen LogP contribution in [0.2, 0.25) is 0 Å². The van der Waals surface area contributed by atoms with Crippen molar-refractivity contribution in [2.24, 2.45) is 0 Å². The highest BCUT2D eigenvalue weighted by atomic mass is 16.4. The number of hydrogen-bond donors (Lipinski definition) is 2. The number of urea groups is 1. The molecule has 0 saturated carbocycles. The van der Waals surface area contributed by atoms with Gasteiger partial charge in [0.25, 0.3) is 0 Å². The van der Waals surface area contributed by atoms with Crippen molar-refractivity contribution < 1.29 is 14.7 Å². The Morgan fingerprint density at radius 2 is 1.77 bits per heavy atom. The predicted molar refractivity (Wildman–Crippen MR) is 87.1 cm³/mol. The molecule has 0 heterocycles. The highest BCUT2D eigenvalue weighted by molar-refractivity contribution is 5.75. The van der Waals surface area contributed by atoms with Gasteiger partial charge in [0.05, 0.1) is 6.42 Å². The lowest BCUT2D eigenvalue weighted by Gasteiger charge is -2.21. The van der Waals surface area contributed by atoms with Crippen LogP contribution in [0.1, 0.15) is 44.2 Å². The zero-order valence-corrected chi connectivity index (χ0v) is 13.8. The molecule has 1 aromatic carbocycles. The first-order valence-electron chi connectivity index (χ1n) is 7.62. The van der Waals surface area contributed by atoms with Crippen molar-refractivity contribution in [3.8, 4) is 0 Å². The molecule has 0 aliphatic carbocycles. The van der Waals surface area contributed by atoms with E-state index in [4.69, 9.17) is 5.11 Å². The fourth-order valence-corrected chi connectivity index (χ4v) is 2.13. The van der Waals surface area contributed by atoms with E-state index < -0.39 is 5.97 Å². The maximum atomic E-state index is 11.9. The first kappa shape index (κ1) is 18.0. The molecule has 2 N–H and O–H groups in total. The lowest BCUT2D eigenvalue weighted by molar-refractivity contribution is -0.137. The minimum Gasteiger partial charge on any atom is -0.481 e. The summed E-state index contributed by atoms with van der Waals surface area (Å²) < 4.78 is 0. The zero-order valence-electron chi connectivity index (χ0n) is 13.8. The molecular weight excluding hydrogens is 280 g/mol. The van der Waals surface area contributed by atoms with Crippen molar-refractivity contribution in [3.05, 3.63) is 35.4 Å². The predicted octanol–water partition coefficient (Wildman–Crippen LogP) is 2.86. The third-order valence-corrected chi connectivity index (χ3v) is 3.57. The summed E-state index contributed by atoms with van der Waals surface area (Å²) in [6.45, 7) is 6.46. The van der Waals surface area contributed by atoms with Crippen molar-refractivity contribution in [2.45, 2.75) is 45.6 Å². The Hall–Kier alpha value is -2.04. The average molecular weight is 306 g/mol. The molecule has 22 heavy (non-hydrogen) atoms. The summed E-state index contributed by atoms with van der Waals surface area (Å²) in [5, 5.41) is 11.5. The lowest BCUT2D eigenvalue weighted by atomic mass is 9.99. The molecule has 5 nitrogen and oxygen atoms in total. The van der Waals surface area contributed by atoms with Crippen molar-refractivity contribution in [1.29, 1.82) is 0 Å². The van der Waals surface area contributed by atoms with Gasteiger partial charge in [-0.1, -0.05) is 38.1 Å². The Morgan fingerprint density at radius 3 is 2.27 bits per heavy atom. The average Bonchev–Trinajstić information content (AvgIpc) is 2.44. The summed E-state index contributed by atoms with van der Waals surface area (Å²) in [7, 11) is 1.60. The molecular formula is C17H26N2O3. The maximum absolute atomic E-state index is 11.9. The Labute approximate surface area is 132 Å². The van der Waals surface area contributed by atoms with Crippen LogP contribution < -0.4 is 5.32 Å². The van der Waals surface area contributed by atoms with Gasteiger partial charge in [-0.05, 0) is 30.4 Å². The number of aliphatic carboxylic acids is 1. The number of carboxylic acids is 1. The van der Waals surface area contributed by atoms with Gasteiger partial charge in [-0.25, -0.2) is 4.79 Å². The van der Waals surface area contributed by atoms with Crippen LogP contribution in [-0.4, -0.2) is 41.6 Å². The van der Waals surface area contributed by atoms with Gasteiger partial charge < -0.3 is 15.3 Å². The number of hydrogen-bond acceptors (Lipinski definition) is 2. The van der Waals surface area contributed by atoms with Crippen LogP contribution in [0.15, 0.2) is 24.3 Å². The molecule has 1 aromatic rings. The summed E-state index contributed by atoms with van der Waals surface area (Å²) in [5.41, 5.74) is 2.47. The highest BCUT2D eigenvalue weighted by Crippen LogP contribution is 2.15. The van der Waals surface area contributed by atoms with E-state index in [-0.39, 0.29) is 25.0 Å². The van der Waals surface area contributed by atoms with E-state index in [1.807, 2.05) is 6.92 Å². The number of nitrogens with zero attached hydrogens (tertiary/aromatic N) is 1. The Morgan fingerprint density at radius 1 is 1.18 bits per heavy atom. The molecule has 1 atom stereocenters. The Bertz CT molecular complexity index is 497. The lowest BCUT2D eigenvalue weighted by Crippen LogP contribution is -2.43. The minimum absolute atomic E-state index is 0.00956. The number of carbonyl (C=O) groups is 2. The van der Waals surface area contributed by atoms with E-state index in [1.165, 1.54) is 16.0 Å². The monoisotopic (exact) mass is 306 g/mol. The molecule has 0 bridgehead atoms. The molecule has 1 unspecified atom stereocenters. The number of benzene rings is 1. The third-order valence-electron chi connectivity index (χ3n) is 3.57. The number of amides is 2. The molecule has 0 radical (unpaired) electrons. The van der Waals surface area contributed by atoms with Gasteiger partial charge >= 0.3 is 12.0 Å². The van der Waals surface area contributed by atoms with Crippen LogP contribution in [0.5, 0.6) is 0 Å². The third kappa shape index (κ3) is 6.16. The van der Waals surface area contributed by atoms with E-state index in [9.17, 15) is 9.59 Å². The van der Waals surface area contributed by atoms with Gasteiger partial charge in [-0.2, -0.15) is 0 Å². The van der Waals surface area contributed by atoms with Crippen LogP contribution in [0.4, 0.5) is 4.79 Å². The van der Waals surface area contributed by atoms with Crippen molar-refractivity contribution in [2.75, 3.05) is 13.6 Å². The number of carboxylic acid groups (broad SMARTS) is 1. The second-order valence-corrected chi connectivity index (χ2v) is 6.02. The van der Waals surface area contributed by atoms with E-state index in [1.54, 1.807) is 7.05 Å². The van der Waals surface area contributed by atoms with Gasteiger partial charge in [0.1, 0.15) is 0 Å². The second kappa shape index (κ2) is 8.41. The van der Waals surface area contributed by atoms with Gasteiger partial charge in [0.2, 0.25) is 0 Å². The maximum Gasteiger partial charge on any atom is 0.317 e. The SMILES string of the molecule is CC(Cc1ccc(C(C)C)cc1)NC(=O)N(C)CCC(=O)O. The van der Waals surface area contributed by atoms with E-state index in [0.29, 0.717) is 5.92 Å². The molecule has 122 valence electrons. The second-order valence-electron chi connectivity index (χ2n) is 6.02. The summed E-state index contributed by atoms with van der Waals surface area (Å²) in [5.74, 6) is -0.396. The Kier molecular flexibility index (Phi) is 6.89. The molecule has 0 aromatic heterocycles. The highest BCUT2D eigenvalue weighted by Gasteiger charge is 2.13. The van der Waals surface area contributed by atoms with E-state index in [2.05, 4.69) is 43.4 Å². The largest absolute Gasteiger partial charge is 0.481 e. The first-order valence-corrected chi connectivity index (χ1v) is 7.62. The van der Waals surface area contributed by atoms with Crippen molar-refractivity contribution in [3.63, 3.8) is 0 Å². The van der Waals surface area contributed by atoms with Crippen molar-refractivity contribution >= 4 is 12.0 Å². The fourth-order valence-electron chi connectivity index (χ4n) is 2.13. The van der Waals surface area contributed by atoms with Gasteiger partial charge in [-0.3, -0.25) is 4.79 Å². The zero-order chi connectivity index (χ0) is 16.7. The van der Waals surface area contributed by atoms with Crippen LogP contribution in [-0.2, 0) is 11.2 Å². The van der Waals surface area contributed by atoms with Gasteiger partial charge in [0, 0.05) is 19.6 Å². The normalized spacial score (nSPS) is 12.0. The molecule has 5 heteroatoms. The van der Waals surface area contributed by atoms with Crippen LogP contribution in [0.25, 0.3) is 0 Å². The summed E-state index contributed by atoms with van der Waals surface area (Å²) in [4.78, 5) is 23.8. The minimum atomic E-state index is -0.905.